The van der Waals surface area contributed by atoms with Crippen LogP contribution in [0.1, 0.15) is 36.0 Å². The minimum Gasteiger partial charge on any atom is -0.493 e. The van der Waals surface area contributed by atoms with Gasteiger partial charge in [-0.1, -0.05) is 30.3 Å². The van der Waals surface area contributed by atoms with Gasteiger partial charge in [-0.3, -0.25) is 4.99 Å². The molecule has 1 aliphatic heterocycles. The van der Waals surface area contributed by atoms with Crippen LogP contribution in [0.15, 0.2) is 47.5 Å². The Morgan fingerprint density at radius 1 is 0.939 bits per heavy atom. The molecule has 0 radical (unpaired) electrons. The molecule has 1 saturated heterocycles. The number of hydrogen-bond acceptors (Lipinski definition) is 4. The van der Waals surface area contributed by atoms with Crippen molar-refractivity contribution in [1.29, 1.82) is 0 Å². The number of para-hydroxylation sites is 1. The van der Waals surface area contributed by atoms with Crippen LogP contribution in [-0.2, 0) is 17.8 Å². The number of aryl methyl sites for hydroxylation is 1. The molecule has 1 saturated carbocycles. The summed E-state index contributed by atoms with van der Waals surface area (Å²) >= 11 is 0. The summed E-state index contributed by atoms with van der Waals surface area (Å²) in [4.78, 5) is 4.38. The van der Waals surface area contributed by atoms with Gasteiger partial charge in [-0.15, -0.1) is 24.0 Å². The second-order valence-electron chi connectivity index (χ2n) is 8.79. The molecule has 1 unspecified atom stereocenters. The van der Waals surface area contributed by atoms with Crippen molar-refractivity contribution in [3.8, 4) is 11.5 Å². The Hall–Kier alpha value is -2.00. The summed E-state index contributed by atoms with van der Waals surface area (Å²) in [6, 6.07) is 14.6. The maximum absolute atomic E-state index is 6.17. The van der Waals surface area contributed by atoms with Crippen LogP contribution in [0.2, 0.25) is 0 Å². The fourth-order valence-electron chi connectivity index (χ4n) is 3.73. The second kappa shape index (κ2) is 13.0. The van der Waals surface area contributed by atoms with Crippen LogP contribution in [-0.4, -0.2) is 39.4 Å². The molecule has 1 aliphatic carbocycles. The first-order valence-electron chi connectivity index (χ1n) is 11.7. The molecule has 2 fully saturated rings. The lowest BCUT2D eigenvalue weighted by Crippen LogP contribution is -2.36. The van der Waals surface area contributed by atoms with Crippen LogP contribution in [0.25, 0.3) is 0 Å². The predicted octanol–water partition coefficient (Wildman–Crippen LogP) is 4.68. The van der Waals surface area contributed by atoms with E-state index in [1.807, 2.05) is 18.2 Å². The molecular formula is C26H36IN3O3. The Labute approximate surface area is 214 Å². The van der Waals surface area contributed by atoms with Gasteiger partial charge in [0.25, 0.3) is 0 Å². The van der Waals surface area contributed by atoms with E-state index in [2.05, 4.69) is 46.8 Å². The lowest BCUT2D eigenvalue weighted by Gasteiger charge is -2.17. The Bertz CT molecular complexity index is 911. The monoisotopic (exact) mass is 565 g/mol. The van der Waals surface area contributed by atoms with Crippen LogP contribution in [0, 0.1) is 18.8 Å². The van der Waals surface area contributed by atoms with Gasteiger partial charge >= 0.3 is 0 Å². The first-order valence-corrected chi connectivity index (χ1v) is 11.7. The normalized spacial score (nSPS) is 17.9. The molecule has 2 N–H and O–H groups in total. The van der Waals surface area contributed by atoms with Crippen molar-refractivity contribution < 1.29 is 14.2 Å². The quantitative estimate of drug-likeness (QED) is 0.249. The predicted molar refractivity (Wildman–Crippen MR) is 143 cm³/mol. The van der Waals surface area contributed by atoms with Gasteiger partial charge in [0, 0.05) is 43.8 Å². The van der Waals surface area contributed by atoms with Crippen LogP contribution in [0.3, 0.4) is 0 Å². The summed E-state index contributed by atoms with van der Waals surface area (Å²) in [5, 5.41) is 6.83. The van der Waals surface area contributed by atoms with E-state index in [4.69, 9.17) is 14.2 Å². The Balaban J connectivity index is 0.00000306. The molecule has 180 valence electrons. The van der Waals surface area contributed by atoms with Crippen molar-refractivity contribution in [3.05, 3.63) is 59.2 Å². The van der Waals surface area contributed by atoms with E-state index < -0.39 is 0 Å². The van der Waals surface area contributed by atoms with Crippen LogP contribution in [0.4, 0.5) is 0 Å². The SMILES string of the molecule is CN=C(NCc1ccccc1OCC1CC1)NCc1ccc(C)cc1OCC1CCOC1.I. The van der Waals surface area contributed by atoms with Crippen LogP contribution < -0.4 is 20.1 Å². The molecule has 1 atom stereocenters. The number of ether oxygens (including phenoxy) is 3. The molecule has 33 heavy (non-hydrogen) atoms. The van der Waals surface area contributed by atoms with Gasteiger partial charge in [0.15, 0.2) is 5.96 Å². The van der Waals surface area contributed by atoms with Crippen molar-refractivity contribution in [1.82, 2.24) is 10.6 Å². The summed E-state index contributed by atoms with van der Waals surface area (Å²) in [5.74, 6) is 3.84. The molecule has 0 amide bonds. The van der Waals surface area contributed by atoms with Crippen molar-refractivity contribution in [2.75, 3.05) is 33.5 Å². The summed E-state index contributed by atoms with van der Waals surface area (Å²) in [7, 11) is 1.79. The molecule has 0 bridgehead atoms. The summed E-state index contributed by atoms with van der Waals surface area (Å²) in [6.07, 6.45) is 3.65. The molecule has 7 heteroatoms. The maximum atomic E-state index is 6.17. The van der Waals surface area contributed by atoms with E-state index in [0.717, 1.165) is 60.7 Å². The zero-order chi connectivity index (χ0) is 22.2. The number of nitrogens with zero attached hydrogens (tertiary/aromatic N) is 1. The molecule has 2 aromatic carbocycles. The number of hydrogen-bond donors (Lipinski definition) is 2. The fourth-order valence-corrected chi connectivity index (χ4v) is 3.73. The van der Waals surface area contributed by atoms with Crippen LogP contribution in [0.5, 0.6) is 11.5 Å². The van der Waals surface area contributed by atoms with Crippen LogP contribution >= 0.6 is 24.0 Å². The number of benzene rings is 2. The molecule has 2 aliphatic rings. The number of nitrogens with one attached hydrogen (secondary N) is 2. The minimum atomic E-state index is 0. The number of halogens is 1. The topological polar surface area (TPSA) is 64.1 Å². The smallest absolute Gasteiger partial charge is 0.191 e. The minimum absolute atomic E-state index is 0. The van der Waals surface area contributed by atoms with Gasteiger partial charge < -0.3 is 24.8 Å². The largest absolute Gasteiger partial charge is 0.493 e. The van der Waals surface area contributed by atoms with Crippen molar-refractivity contribution >= 4 is 29.9 Å². The Morgan fingerprint density at radius 3 is 2.33 bits per heavy atom. The highest BCUT2D eigenvalue weighted by Crippen LogP contribution is 2.30. The van der Waals surface area contributed by atoms with E-state index in [1.54, 1.807) is 7.05 Å². The summed E-state index contributed by atoms with van der Waals surface area (Å²) < 4.78 is 17.7. The highest BCUT2D eigenvalue weighted by Gasteiger charge is 2.22. The average molecular weight is 565 g/mol. The van der Waals surface area contributed by atoms with Gasteiger partial charge in [0.05, 0.1) is 19.8 Å². The van der Waals surface area contributed by atoms with Gasteiger partial charge in [0.1, 0.15) is 11.5 Å². The van der Waals surface area contributed by atoms with E-state index in [0.29, 0.717) is 25.6 Å². The standard InChI is InChI=1S/C26H35N3O3.HI/c1-19-7-10-23(25(13-19)32-18-21-11-12-30-16-21)15-29-26(27-2)28-14-22-5-3-4-6-24(22)31-17-20-8-9-20;/h3-7,10,13,20-21H,8-9,11-12,14-18H2,1-2H3,(H2,27,28,29);1H. The molecular weight excluding hydrogens is 529 g/mol. The molecule has 1 heterocycles. The lowest BCUT2D eigenvalue weighted by atomic mass is 10.1. The number of rotatable bonds is 10. The number of aliphatic imine (C=N–C) groups is 1. The van der Waals surface area contributed by atoms with Crippen molar-refractivity contribution in [2.24, 2.45) is 16.8 Å². The lowest BCUT2D eigenvalue weighted by molar-refractivity contribution is 0.166. The first-order chi connectivity index (χ1) is 15.7. The average Bonchev–Trinajstić information content (AvgIpc) is 3.50. The number of guanidine groups is 1. The second-order valence-corrected chi connectivity index (χ2v) is 8.79. The third kappa shape index (κ3) is 8.07. The van der Waals surface area contributed by atoms with Gasteiger partial charge in [-0.25, -0.2) is 0 Å². The van der Waals surface area contributed by atoms with Gasteiger partial charge in [-0.2, -0.15) is 0 Å². The first kappa shape index (κ1) is 25.6. The molecule has 6 nitrogen and oxygen atoms in total. The molecule has 4 rings (SSSR count). The highest BCUT2D eigenvalue weighted by molar-refractivity contribution is 14.0. The fraction of sp³-hybridized carbons (Fsp3) is 0.500. The third-order valence-corrected chi connectivity index (χ3v) is 5.98. The molecule has 2 aromatic rings. The Kier molecular flexibility index (Phi) is 10.1. The highest BCUT2D eigenvalue weighted by atomic mass is 127. The van der Waals surface area contributed by atoms with E-state index >= 15 is 0 Å². The zero-order valence-electron chi connectivity index (χ0n) is 19.6. The molecule has 0 spiro atoms. The van der Waals surface area contributed by atoms with Crippen molar-refractivity contribution in [3.63, 3.8) is 0 Å². The zero-order valence-corrected chi connectivity index (χ0v) is 22.0. The Morgan fingerprint density at radius 2 is 1.64 bits per heavy atom. The van der Waals surface area contributed by atoms with Crippen molar-refractivity contribution in [2.45, 2.75) is 39.3 Å². The van der Waals surface area contributed by atoms with Gasteiger partial charge in [-0.05, 0) is 49.8 Å². The summed E-state index contributed by atoms with van der Waals surface area (Å²) in [6.45, 7) is 6.52. The van der Waals surface area contributed by atoms with Gasteiger partial charge in [0.2, 0.25) is 0 Å². The third-order valence-electron chi connectivity index (χ3n) is 5.98. The van der Waals surface area contributed by atoms with E-state index in [9.17, 15) is 0 Å². The van der Waals surface area contributed by atoms with E-state index in [-0.39, 0.29) is 24.0 Å². The summed E-state index contributed by atoms with van der Waals surface area (Å²) in [5.41, 5.74) is 3.44. The van der Waals surface area contributed by atoms with E-state index in [1.165, 1.54) is 18.4 Å². The maximum Gasteiger partial charge on any atom is 0.191 e. The molecule has 0 aromatic heterocycles.